The molecule has 4 aromatic heterocycles. The zero-order valence-electron chi connectivity index (χ0n) is 21.5. The minimum Gasteiger partial charge on any atom is -0.385 e. The second kappa shape index (κ2) is 10.4. The van der Waals surface area contributed by atoms with Crippen LogP contribution in [0.3, 0.4) is 0 Å². The Morgan fingerprint density at radius 1 is 1.12 bits per heavy atom. The van der Waals surface area contributed by atoms with Crippen LogP contribution >= 0.6 is 26.1 Å². The van der Waals surface area contributed by atoms with Crippen LogP contribution in [0.2, 0.25) is 0 Å². The molecule has 8 N–H and O–H groups in total. The van der Waals surface area contributed by atoms with Gasteiger partial charge in [-0.2, -0.15) is 13.9 Å². The summed E-state index contributed by atoms with van der Waals surface area (Å²) in [6.45, 7) is -5.24. The molecule has 7 heterocycles. The summed E-state index contributed by atoms with van der Waals surface area (Å²) < 4.78 is 37.3. The second-order valence-electron chi connectivity index (χ2n) is 9.83. The highest BCUT2D eigenvalue weighted by Gasteiger charge is 2.60. The van der Waals surface area contributed by atoms with Crippen LogP contribution in [0, 0.1) is 0 Å². The molecular formula is C20H24N9O10P2S2+. The van der Waals surface area contributed by atoms with E-state index < -0.39 is 69.7 Å². The van der Waals surface area contributed by atoms with Gasteiger partial charge in [0, 0.05) is 6.20 Å². The molecule has 7 rings (SSSR count). The SMILES string of the molecule is Nc1ncnc2c1ccn2[C@@H]1O[C@@H]2OP(O)(=S)O[C@@H]3[C@@H](CO[P+](O)(S)O[C@@H]1[C@@H]2O)OC[C@]3(O)n1cnc2c(N)ncnc21. The van der Waals surface area contributed by atoms with Gasteiger partial charge in [0.2, 0.25) is 0 Å². The van der Waals surface area contributed by atoms with E-state index >= 15 is 0 Å². The predicted octanol–water partition coefficient (Wildman–Crippen LogP) is -0.671. The van der Waals surface area contributed by atoms with E-state index in [9.17, 15) is 20.0 Å². The van der Waals surface area contributed by atoms with Crippen molar-refractivity contribution in [2.45, 2.75) is 42.7 Å². The first-order valence-corrected chi connectivity index (χ1v) is 17.7. The first-order valence-electron chi connectivity index (χ1n) is 12.4. The average Bonchev–Trinajstić information content (AvgIpc) is 3.70. The molecule has 0 amide bonds. The molecule has 23 heteroatoms. The van der Waals surface area contributed by atoms with Gasteiger partial charge in [-0.05, 0) is 17.9 Å². The lowest BCUT2D eigenvalue weighted by Gasteiger charge is -2.34. The van der Waals surface area contributed by atoms with Crippen molar-refractivity contribution in [3.63, 3.8) is 0 Å². The Morgan fingerprint density at radius 3 is 2.65 bits per heavy atom. The molecular weight excluding hydrogens is 652 g/mol. The molecule has 0 saturated carbocycles. The Balaban J connectivity index is 1.26. The first-order chi connectivity index (χ1) is 20.4. The fourth-order valence-electron chi connectivity index (χ4n) is 5.23. The summed E-state index contributed by atoms with van der Waals surface area (Å²) in [6.07, 6.45) is -3.33. The van der Waals surface area contributed by atoms with Gasteiger partial charge in [-0.15, -0.1) is 0 Å². The maximum Gasteiger partial charge on any atom is 0.476 e. The first kappa shape index (κ1) is 29.5. The number of aromatic nitrogens is 7. The number of ether oxygens (including phenoxy) is 2. The van der Waals surface area contributed by atoms with Crippen molar-refractivity contribution in [3.8, 4) is 0 Å². The molecule has 3 fully saturated rings. The van der Waals surface area contributed by atoms with E-state index in [-0.39, 0.29) is 22.8 Å². The number of thiol groups is 1. The average molecular weight is 677 g/mol. The fourth-order valence-corrected chi connectivity index (χ4v) is 8.31. The van der Waals surface area contributed by atoms with Crippen molar-refractivity contribution < 1.29 is 47.6 Å². The van der Waals surface area contributed by atoms with Crippen LogP contribution in [-0.2, 0) is 45.1 Å². The maximum absolute atomic E-state index is 11.9. The highest BCUT2D eigenvalue weighted by atomic mass is 32.7. The number of anilines is 2. The summed E-state index contributed by atoms with van der Waals surface area (Å²) in [5.41, 5.74) is 10.4. The summed E-state index contributed by atoms with van der Waals surface area (Å²) in [5, 5.41) is 23.6. The molecule has 9 atom stereocenters. The Bertz CT molecular complexity index is 1760. The minimum atomic E-state index is -4.36. The van der Waals surface area contributed by atoms with Gasteiger partial charge in [-0.3, -0.25) is 13.6 Å². The molecule has 3 aliphatic rings. The van der Waals surface area contributed by atoms with Gasteiger partial charge in [0.05, 0.1) is 30.6 Å². The smallest absolute Gasteiger partial charge is 0.385 e. The van der Waals surface area contributed by atoms with Crippen molar-refractivity contribution in [1.29, 1.82) is 0 Å². The number of rotatable bonds is 2. The standard InChI is InChI=1S/C20H23N9O10P2S2/c21-14-8-1-2-28(16(8)25-5-23-14)18-12-11(30)19(36-18)39-41(33,43)38-13-9(3-35-40(32,42)37-12)34-4-20(13,31)29-7-27-10-15(22)24-6-26-17(10)29/h1-2,5-7,9,11-13,18-19,30-32,42H,3-4H2,(H4-,21,22,23,24,25,26,33,43)/p+1/t9-,11+,12-,13-,18-,19-,20-,40?,41?/m1/s1. The Hall–Kier alpha value is -2.20. The van der Waals surface area contributed by atoms with Gasteiger partial charge in [0.1, 0.15) is 54.6 Å². The van der Waals surface area contributed by atoms with E-state index in [1.807, 2.05) is 0 Å². The molecule has 0 radical (unpaired) electrons. The number of hydrogen-bond donors (Lipinski definition) is 7. The molecule has 2 unspecified atom stereocenters. The molecule has 3 aliphatic heterocycles. The van der Waals surface area contributed by atoms with Gasteiger partial charge < -0.3 is 40.6 Å². The topological polar surface area (TPSA) is 263 Å². The normalized spacial score (nSPS) is 38.6. The zero-order valence-corrected chi connectivity index (χ0v) is 25.0. The van der Waals surface area contributed by atoms with Crippen molar-refractivity contribution in [2.75, 3.05) is 24.7 Å². The van der Waals surface area contributed by atoms with Gasteiger partial charge in [-0.1, -0.05) is 0 Å². The molecule has 230 valence electrons. The third kappa shape index (κ3) is 4.99. The van der Waals surface area contributed by atoms with Crippen LogP contribution in [0.5, 0.6) is 0 Å². The molecule has 43 heavy (non-hydrogen) atoms. The van der Waals surface area contributed by atoms with E-state index in [1.54, 1.807) is 12.3 Å². The van der Waals surface area contributed by atoms with Crippen LogP contribution in [0.1, 0.15) is 6.23 Å². The third-order valence-electron chi connectivity index (χ3n) is 7.22. The summed E-state index contributed by atoms with van der Waals surface area (Å²) in [6, 6.07) is 1.62. The number of hydrogen-bond acceptors (Lipinski definition) is 18. The van der Waals surface area contributed by atoms with Crippen LogP contribution in [0.25, 0.3) is 22.2 Å². The van der Waals surface area contributed by atoms with Crippen LogP contribution in [-0.4, -0.2) is 98.0 Å². The predicted molar refractivity (Wildman–Crippen MR) is 153 cm³/mol. The van der Waals surface area contributed by atoms with E-state index in [2.05, 4.69) is 37.2 Å². The molecule has 2 bridgehead atoms. The number of nitrogen functional groups attached to an aromatic ring is 2. The highest BCUT2D eigenvalue weighted by Crippen LogP contribution is 2.65. The Labute approximate surface area is 251 Å². The number of imidazole rings is 1. The summed E-state index contributed by atoms with van der Waals surface area (Å²) in [5.74, 6) is 0.252. The summed E-state index contributed by atoms with van der Waals surface area (Å²) >= 11 is 9.50. The number of aliphatic hydroxyl groups is 2. The van der Waals surface area contributed by atoms with Gasteiger partial charge >= 0.3 is 13.9 Å². The summed E-state index contributed by atoms with van der Waals surface area (Å²) in [7, 11) is -4.03. The second-order valence-corrected chi connectivity index (χ2v) is 15.5. The number of fused-ring (bicyclic) bond motifs is 5. The highest BCUT2D eigenvalue weighted by molar-refractivity contribution is 8.47. The zero-order chi connectivity index (χ0) is 30.3. The molecule has 3 saturated heterocycles. The van der Waals surface area contributed by atoms with Crippen LogP contribution < -0.4 is 11.5 Å². The van der Waals surface area contributed by atoms with Gasteiger partial charge in [-0.25, -0.2) is 24.9 Å². The van der Waals surface area contributed by atoms with E-state index in [0.717, 1.165) is 0 Å². The quantitative estimate of drug-likeness (QED) is 0.102. The lowest BCUT2D eigenvalue weighted by Crippen LogP contribution is -2.48. The van der Waals surface area contributed by atoms with Crippen LogP contribution in [0.15, 0.2) is 31.2 Å². The Morgan fingerprint density at radius 2 is 1.86 bits per heavy atom. The van der Waals surface area contributed by atoms with Crippen LogP contribution in [0.4, 0.5) is 11.6 Å². The molecule has 19 nitrogen and oxygen atoms in total. The van der Waals surface area contributed by atoms with Gasteiger partial charge in [0.15, 0.2) is 35.8 Å². The van der Waals surface area contributed by atoms with Crippen molar-refractivity contribution in [1.82, 2.24) is 34.1 Å². The Kier molecular flexibility index (Phi) is 7.16. The fraction of sp³-hybridized carbons (Fsp3) is 0.450. The van der Waals surface area contributed by atoms with Crippen molar-refractivity contribution >= 4 is 71.8 Å². The summed E-state index contributed by atoms with van der Waals surface area (Å²) in [4.78, 5) is 42.7. The number of nitrogens with two attached hydrogens (primary N) is 2. The molecule has 0 aliphatic carbocycles. The largest absolute Gasteiger partial charge is 0.476 e. The van der Waals surface area contributed by atoms with E-state index in [1.165, 1.54) is 28.1 Å². The van der Waals surface area contributed by atoms with Crippen molar-refractivity contribution in [3.05, 3.63) is 31.2 Å². The molecule has 0 spiro atoms. The monoisotopic (exact) mass is 676 g/mol. The lowest BCUT2D eigenvalue weighted by atomic mass is 10.1. The molecule has 4 aromatic rings. The number of aliphatic hydroxyl groups excluding tert-OH is 1. The minimum absolute atomic E-state index is 0.0598. The van der Waals surface area contributed by atoms with Crippen molar-refractivity contribution in [2.24, 2.45) is 0 Å². The van der Waals surface area contributed by atoms with E-state index in [0.29, 0.717) is 11.0 Å². The number of nitrogens with zero attached hydrogens (tertiary/aromatic N) is 7. The van der Waals surface area contributed by atoms with E-state index in [4.69, 9.17) is 50.8 Å². The lowest BCUT2D eigenvalue weighted by molar-refractivity contribution is -0.143. The maximum atomic E-state index is 11.9. The third-order valence-corrected chi connectivity index (χ3v) is 10.3. The molecule has 0 aromatic carbocycles. The van der Waals surface area contributed by atoms with Gasteiger partial charge in [0.25, 0.3) is 0 Å².